The maximum atomic E-state index is 13.6. The molecule has 9 heteroatoms. The molecule has 1 unspecified atom stereocenters. The van der Waals surface area contributed by atoms with E-state index in [1.165, 1.54) is 39.6 Å². The van der Waals surface area contributed by atoms with Crippen molar-refractivity contribution in [1.82, 2.24) is 10.2 Å². The van der Waals surface area contributed by atoms with Gasteiger partial charge in [-0.15, -0.1) is 10.2 Å². The maximum Gasteiger partial charge on any atom is 0.296 e. The fourth-order valence-electron chi connectivity index (χ4n) is 4.70. The highest BCUT2D eigenvalue weighted by atomic mass is 32.2. The number of nitrogens with zero attached hydrogens (tertiary/aromatic N) is 3. The summed E-state index contributed by atoms with van der Waals surface area (Å²) in [6, 6.07) is 24.1. The number of hydrogen-bond donors (Lipinski definition) is 1. The number of unbranched alkanes of at least 4 members (excludes halogenated alkanes) is 2. The van der Waals surface area contributed by atoms with Crippen LogP contribution in [0.5, 0.6) is 5.75 Å². The standard InChI is InChI=1S/C34H33N3O4S2/c1-3-4-8-20-41-27-13-9-12-26(21-27)30-29(28(38)19-18-24-10-6-5-7-11-24)31(39)32(40)37(30)33-35-36-34(43-33)42-22-25-16-14-23(2)15-17-25/h5-7,9-19,21,30,39H,3-4,8,20,22H2,1-2H3/b19-18+. The van der Waals surface area contributed by atoms with Gasteiger partial charge in [-0.05, 0) is 48.2 Å². The first-order valence-electron chi connectivity index (χ1n) is 14.2. The Hall–Kier alpha value is -4.21. The Bertz CT molecular complexity index is 1630. The van der Waals surface area contributed by atoms with Gasteiger partial charge in [-0.2, -0.15) is 0 Å². The quantitative estimate of drug-likeness (QED) is 0.0711. The van der Waals surface area contributed by atoms with Crippen LogP contribution in [0, 0.1) is 6.92 Å². The normalized spacial score (nSPS) is 15.1. The number of hydrogen-bond acceptors (Lipinski definition) is 8. The van der Waals surface area contributed by atoms with Crippen molar-refractivity contribution < 1.29 is 19.4 Å². The largest absolute Gasteiger partial charge is 0.503 e. The molecule has 1 aliphatic heterocycles. The highest BCUT2D eigenvalue weighted by Crippen LogP contribution is 2.44. The lowest BCUT2D eigenvalue weighted by atomic mass is 9.95. The van der Waals surface area contributed by atoms with E-state index in [9.17, 15) is 14.7 Å². The Morgan fingerprint density at radius 3 is 2.60 bits per heavy atom. The second kappa shape index (κ2) is 14.3. The van der Waals surface area contributed by atoms with Crippen LogP contribution in [0.2, 0.25) is 0 Å². The van der Waals surface area contributed by atoms with Gasteiger partial charge in [-0.3, -0.25) is 14.5 Å². The van der Waals surface area contributed by atoms with Crippen LogP contribution in [0.25, 0.3) is 6.08 Å². The van der Waals surface area contributed by atoms with Crippen LogP contribution in [0.4, 0.5) is 5.13 Å². The Morgan fingerprint density at radius 1 is 1.05 bits per heavy atom. The molecule has 0 saturated carbocycles. The predicted molar refractivity (Wildman–Crippen MR) is 172 cm³/mol. The molecule has 220 valence electrons. The number of carbonyl (C=O) groups excluding carboxylic acids is 2. The summed E-state index contributed by atoms with van der Waals surface area (Å²) in [5.41, 5.74) is 3.79. The minimum Gasteiger partial charge on any atom is -0.503 e. The van der Waals surface area contributed by atoms with Gasteiger partial charge in [0.1, 0.15) is 5.75 Å². The summed E-state index contributed by atoms with van der Waals surface area (Å²) in [7, 11) is 0. The van der Waals surface area contributed by atoms with Crippen molar-refractivity contribution in [2.45, 2.75) is 49.2 Å². The number of thioether (sulfide) groups is 1. The Kier molecular flexibility index (Phi) is 10.1. The number of benzene rings is 3. The van der Waals surface area contributed by atoms with E-state index in [1.807, 2.05) is 61.5 Å². The fraction of sp³-hybridized carbons (Fsp3) is 0.235. The molecular formula is C34H33N3O4S2. The van der Waals surface area contributed by atoms with E-state index in [2.05, 4.69) is 41.4 Å². The van der Waals surface area contributed by atoms with Crippen molar-refractivity contribution >= 4 is 46.0 Å². The number of rotatable bonds is 13. The van der Waals surface area contributed by atoms with Crippen LogP contribution in [0.3, 0.4) is 0 Å². The third kappa shape index (κ3) is 7.42. The summed E-state index contributed by atoms with van der Waals surface area (Å²) < 4.78 is 6.66. The zero-order valence-corrected chi connectivity index (χ0v) is 25.7. The summed E-state index contributed by atoms with van der Waals surface area (Å²) in [5, 5.41) is 20.0. The molecule has 2 heterocycles. The molecular weight excluding hydrogens is 579 g/mol. The first kappa shape index (κ1) is 30.3. The van der Waals surface area contributed by atoms with Crippen molar-refractivity contribution in [2.24, 2.45) is 0 Å². The fourth-order valence-corrected chi connectivity index (χ4v) is 6.52. The van der Waals surface area contributed by atoms with Crippen molar-refractivity contribution in [2.75, 3.05) is 11.5 Å². The van der Waals surface area contributed by atoms with Gasteiger partial charge in [0.25, 0.3) is 5.91 Å². The van der Waals surface area contributed by atoms with Gasteiger partial charge in [-0.25, -0.2) is 0 Å². The molecule has 0 bridgehead atoms. The topological polar surface area (TPSA) is 92.6 Å². The van der Waals surface area contributed by atoms with Crippen molar-refractivity contribution in [1.29, 1.82) is 0 Å². The van der Waals surface area contributed by atoms with Crippen LogP contribution in [-0.2, 0) is 15.3 Å². The lowest BCUT2D eigenvalue weighted by molar-refractivity contribution is -0.117. The Balaban J connectivity index is 1.45. The summed E-state index contributed by atoms with van der Waals surface area (Å²) >= 11 is 2.77. The number of aliphatic hydroxyl groups excluding tert-OH is 1. The zero-order valence-electron chi connectivity index (χ0n) is 24.1. The number of aromatic nitrogens is 2. The van der Waals surface area contributed by atoms with Crippen molar-refractivity contribution in [3.8, 4) is 5.75 Å². The molecule has 5 rings (SSSR count). The van der Waals surface area contributed by atoms with Crippen LogP contribution < -0.4 is 9.64 Å². The lowest BCUT2D eigenvalue weighted by Crippen LogP contribution is -2.30. The number of aryl methyl sites for hydroxylation is 1. The van der Waals surface area contributed by atoms with Crippen LogP contribution in [0.1, 0.15) is 54.5 Å². The maximum absolute atomic E-state index is 13.6. The molecule has 0 fully saturated rings. The van der Waals surface area contributed by atoms with Crippen LogP contribution in [0.15, 0.2) is 101 Å². The van der Waals surface area contributed by atoms with E-state index in [-0.39, 0.29) is 5.57 Å². The molecule has 0 spiro atoms. The van der Waals surface area contributed by atoms with Gasteiger partial charge < -0.3 is 9.84 Å². The minimum absolute atomic E-state index is 0.00984. The van der Waals surface area contributed by atoms with E-state index in [4.69, 9.17) is 4.74 Å². The smallest absolute Gasteiger partial charge is 0.296 e. The number of amides is 1. The zero-order chi connectivity index (χ0) is 30.2. The molecule has 1 aliphatic rings. The van der Waals surface area contributed by atoms with Crippen LogP contribution in [-0.4, -0.2) is 33.6 Å². The van der Waals surface area contributed by atoms with Gasteiger partial charge in [0.05, 0.1) is 18.2 Å². The Morgan fingerprint density at radius 2 is 1.84 bits per heavy atom. The second-order valence-electron chi connectivity index (χ2n) is 10.2. The average Bonchev–Trinajstić information content (AvgIpc) is 3.60. The molecule has 1 aromatic heterocycles. The van der Waals surface area contributed by atoms with Gasteiger partial charge in [0, 0.05) is 5.75 Å². The van der Waals surface area contributed by atoms with E-state index in [0.717, 1.165) is 30.4 Å². The molecule has 4 aromatic rings. The van der Waals surface area contributed by atoms with Crippen molar-refractivity contribution in [3.05, 3.63) is 119 Å². The molecule has 0 saturated heterocycles. The van der Waals surface area contributed by atoms with E-state index >= 15 is 0 Å². The number of allylic oxidation sites excluding steroid dienone is 1. The van der Waals surface area contributed by atoms with Gasteiger partial charge in [0.2, 0.25) is 5.13 Å². The molecule has 1 N–H and O–H groups in total. The molecule has 1 amide bonds. The lowest BCUT2D eigenvalue weighted by Gasteiger charge is -2.24. The summed E-state index contributed by atoms with van der Waals surface area (Å²) in [6.45, 7) is 4.75. The molecule has 3 aromatic carbocycles. The third-order valence-corrected chi connectivity index (χ3v) is 9.10. The van der Waals surface area contributed by atoms with Gasteiger partial charge >= 0.3 is 0 Å². The summed E-state index contributed by atoms with van der Waals surface area (Å²) in [4.78, 5) is 28.5. The number of ether oxygens (including phenoxy) is 1. The SMILES string of the molecule is CCCCCOc1cccc(C2C(C(=O)/C=C/c3ccccc3)=C(O)C(=O)N2c2nnc(SCc3ccc(C)cc3)s2)c1. The van der Waals surface area contributed by atoms with Crippen LogP contribution >= 0.6 is 23.1 Å². The second-order valence-corrected chi connectivity index (χ2v) is 12.4. The highest BCUT2D eigenvalue weighted by Gasteiger charge is 2.45. The first-order valence-corrected chi connectivity index (χ1v) is 16.0. The van der Waals surface area contributed by atoms with Crippen molar-refractivity contribution in [3.63, 3.8) is 0 Å². The number of anilines is 1. The number of aliphatic hydroxyl groups is 1. The first-order chi connectivity index (χ1) is 20.9. The molecule has 43 heavy (non-hydrogen) atoms. The monoisotopic (exact) mass is 611 g/mol. The van der Waals surface area contributed by atoms with E-state index < -0.39 is 23.5 Å². The van der Waals surface area contributed by atoms with Gasteiger partial charge in [0.15, 0.2) is 15.9 Å². The van der Waals surface area contributed by atoms with Gasteiger partial charge in [-0.1, -0.05) is 121 Å². The number of carbonyl (C=O) groups is 2. The average molecular weight is 612 g/mol. The predicted octanol–water partition coefficient (Wildman–Crippen LogP) is 7.89. The Labute approximate surface area is 259 Å². The summed E-state index contributed by atoms with van der Waals surface area (Å²) in [5.74, 6) is -0.421. The molecule has 7 nitrogen and oxygen atoms in total. The van der Waals surface area contributed by atoms with E-state index in [0.29, 0.717) is 33.1 Å². The molecule has 0 radical (unpaired) electrons. The third-order valence-electron chi connectivity index (χ3n) is 6.98. The molecule has 0 aliphatic carbocycles. The number of ketones is 1. The van der Waals surface area contributed by atoms with E-state index in [1.54, 1.807) is 6.08 Å². The minimum atomic E-state index is -0.900. The highest BCUT2D eigenvalue weighted by molar-refractivity contribution is 8.00. The summed E-state index contributed by atoms with van der Waals surface area (Å²) in [6.07, 6.45) is 6.14. The molecule has 1 atom stereocenters.